The predicted octanol–water partition coefficient (Wildman–Crippen LogP) is 7.71. The van der Waals surface area contributed by atoms with Gasteiger partial charge in [0.1, 0.15) is 23.8 Å². The Labute approximate surface area is 477 Å². The number of piperidine rings is 2. The van der Waals surface area contributed by atoms with Gasteiger partial charge < -0.3 is 59.8 Å². The fourth-order valence-corrected chi connectivity index (χ4v) is 14.1. The number of pyridine rings is 1. The third kappa shape index (κ3) is 11.9. The number of carbonyl (C=O) groups excluding carboxylic acids is 2. The van der Waals surface area contributed by atoms with Crippen molar-refractivity contribution < 1.29 is 33.8 Å². The average Bonchev–Trinajstić information content (AvgIpc) is 4.39. The number of thiazole rings is 1. The van der Waals surface area contributed by atoms with Gasteiger partial charge in [-0.1, -0.05) is 55.4 Å². The molecule has 6 aliphatic rings. The normalized spacial score (nSPS) is 24.4. The number of nitrogens with one attached hydrogen (secondary N) is 1. The number of nitrogens with zero attached hydrogens (tertiary/aromatic N) is 10. The molecule has 2 amide bonds. The number of likely N-dealkylation sites (tertiary alicyclic amines) is 2. The fraction of sp³-hybridized carbons (Fsp3) is 0.525. The number of fused-ring (bicyclic) bond motifs is 1. The first-order valence-electron chi connectivity index (χ1n) is 29.2. The number of nitrogens with two attached hydrogens (primary N) is 1. The van der Waals surface area contributed by atoms with E-state index in [9.17, 15) is 19.8 Å². The van der Waals surface area contributed by atoms with Crippen LogP contribution in [-0.2, 0) is 14.3 Å². The number of carbonyl (C=O) groups is 2. The maximum Gasteiger partial charge on any atom is 0.243 e. The van der Waals surface area contributed by atoms with E-state index in [-0.39, 0.29) is 60.8 Å². The molecule has 81 heavy (non-hydrogen) atoms. The van der Waals surface area contributed by atoms with Gasteiger partial charge in [-0.15, -0.1) is 21.5 Å². The van der Waals surface area contributed by atoms with Crippen molar-refractivity contribution in [3.05, 3.63) is 102 Å². The Bertz CT molecular complexity index is 3140. The monoisotopic (exact) mass is 1120 g/mol. The average molecular weight is 1120 g/mol. The highest BCUT2D eigenvalue weighted by Gasteiger charge is 2.45. The van der Waals surface area contributed by atoms with Gasteiger partial charge in [0.2, 0.25) is 17.7 Å². The third-order valence-corrected chi connectivity index (χ3v) is 19.0. The van der Waals surface area contributed by atoms with Crippen molar-refractivity contribution in [1.29, 1.82) is 0 Å². The zero-order chi connectivity index (χ0) is 55.9. The zero-order valence-corrected chi connectivity index (χ0v) is 47.7. The fourth-order valence-electron chi connectivity index (χ4n) is 13.3. The van der Waals surface area contributed by atoms with Gasteiger partial charge in [-0.05, 0) is 86.8 Å². The summed E-state index contributed by atoms with van der Waals surface area (Å²) in [4.78, 5) is 49.5. The van der Waals surface area contributed by atoms with Gasteiger partial charge in [0.15, 0.2) is 17.4 Å². The lowest BCUT2D eigenvalue weighted by Gasteiger charge is -2.41. The van der Waals surface area contributed by atoms with Gasteiger partial charge in [0.05, 0.1) is 51.8 Å². The molecule has 19 nitrogen and oxygen atoms in total. The molecule has 2 aromatic carbocycles. The van der Waals surface area contributed by atoms with E-state index in [0.29, 0.717) is 46.5 Å². The largest absolute Gasteiger partial charge is 0.507 e. The summed E-state index contributed by atoms with van der Waals surface area (Å²) in [5, 5.41) is 37.3. The molecule has 5 N–H and O–H groups in total. The molecule has 0 radical (unpaired) electrons. The van der Waals surface area contributed by atoms with Gasteiger partial charge in [-0.2, -0.15) is 0 Å². The van der Waals surface area contributed by atoms with Crippen LogP contribution in [0.3, 0.4) is 0 Å². The summed E-state index contributed by atoms with van der Waals surface area (Å²) in [6.07, 6.45) is 7.73. The van der Waals surface area contributed by atoms with Crippen molar-refractivity contribution in [1.82, 2.24) is 40.4 Å². The van der Waals surface area contributed by atoms with Gasteiger partial charge in [-0.25, -0.2) is 9.97 Å². The van der Waals surface area contributed by atoms with Crippen LogP contribution in [0.15, 0.2) is 89.0 Å². The molecule has 0 unspecified atom stereocenters. The molecule has 6 atom stereocenters. The van der Waals surface area contributed by atoms with Crippen LogP contribution < -0.4 is 30.5 Å². The number of ether oxygens (including phenoxy) is 2. The van der Waals surface area contributed by atoms with E-state index in [1.807, 2.05) is 87.9 Å². The number of aryl methyl sites for hydroxylation is 1. The molecule has 1 aliphatic carbocycles. The van der Waals surface area contributed by atoms with Crippen LogP contribution in [0.5, 0.6) is 11.6 Å². The van der Waals surface area contributed by atoms with Crippen LogP contribution in [-0.4, -0.2) is 153 Å². The van der Waals surface area contributed by atoms with E-state index >= 15 is 0 Å². The van der Waals surface area contributed by atoms with Crippen molar-refractivity contribution in [3.63, 3.8) is 0 Å². The van der Waals surface area contributed by atoms with Gasteiger partial charge >= 0.3 is 0 Å². The van der Waals surface area contributed by atoms with Crippen LogP contribution in [0.25, 0.3) is 21.7 Å². The van der Waals surface area contributed by atoms with Crippen LogP contribution in [0.4, 0.5) is 23.0 Å². The molecule has 9 heterocycles. The molecule has 0 spiro atoms. The summed E-state index contributed by atoms with van der Waals surface area (Å²) >= 11 is 1.60. The lowest BCUT2D eigenvalue weighted by Crippen LogP contribution is -2.48. The van der Waals surface area contributed by atoms with Crippen LogP contribution in [0, 0.1) is 30.6 Å². The Morgan fingerprint density at radius 3 is 2.28 bits per heavy atom. The number of hydrogen-bond acceptors (Lipinski definition) is 18. The number of rotatable bonds is 17. The number of aromatic hydroxyl groups is 1. The summed E-state index contributed by atoms with van der Waals surface area (Å²) in [6.45, 7) is 16.5. The lowest BCUT2D eigenvalue weighted by molar-refractivity contribution is -0.141. The van der Waals surface area contributed by atoms with Crippen LogP contribution in [0.2, 0.25) is 0 Å². The molecule has 4 aromatic heterocycles. The Kier molecular flexibility index (Phi) is 15.9. The number of benzene rings is 2. The first-order valence-corrected chi connectivity index (χ1v) is 30.1. The molecular weight excluding hydrogens is 1040 g/mol. The number of nitrogen functional groups attached to an aromatic ring is 1. The molecule has 5 saturated heterocycles. The summed E-state index contributed by atoms with van der Waals surface area (Å²) < 4.78 is 19.0. The molecule has 0 bridgehead atoms. The zero-order valence-electron chi connectivity index (χ0n) is 46.8. The van der Waals surface area contributed by atoms with Crippen LogP contribution in [0.1, 0.15) is 94.7 Å². The number of para-hydroxylation sites is 1. The number of amides is 2. The first-order chi connectivity index (χ1) is 39.3. The van der Waals surface area contributed by atoms with E-state index in [1.165, 1.54) is 4.90 Å². The minimum atomic E-state index is -0.802. The highest BCUT2D eigenvalue weighted by Crippen LogP contribution is 2.41. The molecule has 12 rings (SSSR count). The van der Waals surface area contributed by atoms with Gasteiger partial charge in [0.25, 0.3) is 0 Å². The lowest BCUT2D eigenvalue weighted by atomic mass is 9.91. The Morgan fingerprint density at radius 2 is 1.57 bits per heavy atom. The second-order valence-electron chi connectivity index (χ2n) is 23.9. The standard InChI is InChI=1S/C61H76N12O7S/c1-36(2)57(61(77)73-34-45(74)24-52(73)60(76)65-37(3)40-9-11-41(12-10-40)58-38(4)64-35-81-58)54-28-55(68-80-54)70-21-14-39(15-22-70)29-69-19-16-46(17-20-69)78-47-25-48(26-47)79-56-23-44(13-18-63-56)71-30-42-32-72(33-43(42)31-71)51-27-50(66-67-59(51)62)49-7-5-6-8-53(49)75/h5-13,18,23,27-28,35-37,39,42-43,45-48,52,57,74-75H,14-17,19-22,24-26,29-34H2,1-4H3,(H2,62,67)(H,65,76)/t37-,42-,43+,45+,47?,48?,52-,57+/m0/s1. The number of anilines is 4. The molecule has 6 fully saturated rings. The highest BCUT2D eigenvalue weighted by molar-refractivity contribution is 7.13. The molecule has 428 valence electrons. The second-order valence-corrected chi connectivity index (χ2v) is 24.8. The van der Waals surface area contributed by atoms with Gasteiger partial charge in [0, 0.05) is 126 Å². The highest BCUT2D eigenvalue weighted by atomic mass is 32.1. The summed E-state index contributed by atoms with van der Waals surface area (Å²) in [5.74, 6) is 2.71. The first kappa shape index (κ1) is 54.7. The number of aromatic nitrogens is 5. The number of phenolic OH excluding ortho intramolecular Hbond substituents is 1. The Balaban J connectivity index is 0.553. The van der Waals surface area contributed by atoms with Gasteiger partial charge in [-0.3, -0.25) is 9.59 Å². The van der Waals surface area contributed by atoms with Crippen molar-refractivity contribution in [2.45, 2.75) is 115 Å². The molecular formula is C61H76N12O7S. The predicted molar refractivity (Wildman–Crippen MR) is 311 cm³/mol. The van der Waals surface area contributed by atoms with E-state index < -0.39 is 18.1 Å². The Morgan fingerprint density at radius 1 is 0.827 bits per heavy atom. The molecule has 6 aromatic rings. The molecule has 1 saturated carbocycles. The van der Waals surface area contributed by atoms with Crippen molar-refractivity contribution in [3.8, 4) is 33.3 Å². The Hall–Kier alpha value is -6.87. The van der Waals surface area contributed by atoms with E-state index in [0.717, 1.165) is 136 Å². The number of β-amino-alcohol motifs (C(OH)–C–C–N with tert-alkyl or cyclic N) is 1. The van der Waals surface area contributed by atoms with E-state index in [1.54, 1.807) is 23.5 Å². The summed E-state index contributed by atoms with van der Waals surface area (Å²) in [7, 11) is 0. The SMILES string of the molecule is Cc1ncsc1-c1ccc([C@H](C)NC(=O)[C@@H]2C[C@@H](O)CN2C(=O)[C@@H](c2cc(N3CCC(CN4CCC(OC5CC(Oc6cc(N7C[C@@H]8CN(c9cc(-c%10ccccc%10O)nnc9N)C[C@@H]8C7)ccn6)C5)CC4)CC3)no2)C(C)C)cc1. The number of aliphatic hydroxyl groups is 1. The maximum atomic E-state index is 14.4. The maximum absolute atomic E-state index is 14.4. The summed E-state index contributed by atoms with van der Waals surface area (Å²) in [5.41, 5.74) is 14.5. The topological polar surface area (TPSA) is 225 Å². The minimum absolute atomic E-state index is 0.0852. The number of hydrogen-bond donors (Lipinski definition) is 4. The minimum Gasteiger partial charge on any atom is -0.507 e. The van der Waals surface area contributed by atoms with Crippen LogP contribution >= 0.6 is 11.3 Å². The van der Waals surface area contributed by atoms with E-state index in [4.69, 9.17) is 19.7 Å². The number of phenols is 1. The quantitative estimate of drug-likeness (QED) is 0.0686. The van der Waals surface area contributed by atoms with E-state index in [2.05, 4.69) is 62.4 Å². The third-order valence-electron chi connectivity index (χ3n) is 18.0. The second kappa shape index (κ2) is 23.5. The molecule has 20 heteroatoms. The van der Waals surface area contributed by atoms with Crippen molar-refractivity contribution >= 4 is 46.2 Å². The number of aliphatic hydroxyl groups excluding tert-OH is 1. The summed E-state index contributed by atoms with van der Waals surface area (Å²) in [6, 6.07) is 22.2. The van der Waals surface area contributed by atoms with Crippen molar-refractivity contribution in [2.24, 2.45) is 23.7 Å². The van der Waals surface area contributed by atoms with Crippen molar-refractivity contribution in [2.75, 3.05) is 85.9 Å². The smallest absolute Gasteiger partial charge is 0.243 e. The molecule has 5 aliphatic heterocycles.